The van der Waals surface area contributed by atoms with Gasteiger partial charge in [-0.2, -0.15) is 15.3 Å². The molecule has 596 valence electrons. The largest absolute Gasteiger partial charge is 0.394 e. The van der Waals surface area contributed by atoms with Crippen LogP contribution in [-0.4, -0.2) is 203 Å². The molecule has 112 heavy (non-hydrogen) atoms. The van der Waals surface area contributed by atoms with Gasteiger partial charge in [-0.3, -0.25) is 28.4 Å². The highest BCUT2D eigenvalue weighted by Crippen LogP contribution is 2.40. The topological polar surface area (TPSA) is 316 Å². The van der Waals surface area contributed by atoms with Gasteiger partial charge in [-0.1, -0.05) is 63.1 Å². The molecule has 0 radical (unpaired) electrons. The molecular weight excluding hydrogens is 1420 g/mol. The maximum absolute atomic E-state index is 13.0. The van der Waals surface area contributed by atoms with Gasteiger partial charge in [-0.05, 0) is 187 Å². The zero-order valence-electron chi connectivity index (χ0n) is 64.9. The molecule has 6 N–H and O–H groups in total. The third-order valence-electron chi connectivity index (χ3n) is 21.3. The first-order valence-electron chi connectivity index (χ1n) is 39.8. The molecule has 3 saturated heterocycles. The molecule has 3 aliphatic carbocycles. The van der Waals surface area contributed by atoms with E-state index in [0.29, 0.717) is 96.0 Å². The lowest BCUT2D eigenvalue weighted by molar-refractivity contribution is -0.149. The maximum atomic E-state index is 13.0. The molecule has 6 aliphatic rings. The molecule has 27 nitrogen and oxygen atoms in total. The molecule has 9 heterocycles. The fourth-order valence-corrected chi connectivity index (χ4v) is 15.8. The molecule has 9 aromatic rings. The number of nitrogens with zero attached hydrogens (tertiary/aromatic N) is 15. The summed E-state index contributed by atoms with van der Waals surface area (Å²) in [5.74, 6) is 2.95. The molecule has 3 atom stereocenters. The summed E-state index contributed by atoms with van der Waals surface area (Å²) in [5.41, 5.74) is 15.8. The zero-order valence-corrected chi connectivity index (χ0v) is 64.9. The molecule has 0 saturated carbocycles. The first kappa shape index (κ1) is 81.6. The van der Waals surface area contributed by atoms with Crippen LogP contribution in [0.2, 0.25) is 0 Å². The molecule has 0 bridgehead atoms. The predicted molar refractivity (Wildman–Crippen MR) is 431 cm³/mol. The van der Waals surface area contributed by atoms with Crippen LogP contribution in [0.15, 0.2) is 129 Å². The van der Waals surface area contributed by atoms with Crippen LogP contribution in [0.25, 0.3) is 33.8 Å². The molecule has 15 rings (SSSR count). The number of carbonyl (C=O) groups excluding carboxylic acids is 3. The summed E-state index contributed by atoms with van der Waals surface area (Å²) in [7, 11) is 0. The molecule has 6 aromatic heterocycles. The Labute approximate surface area is 657 Å². The number of ether oxygens (including phenoxy) is 3. The van der Waals surface area contributed by atoms with Crippen LogP contribution < -0.4 is 16.0 Å². The lowest BCUT2D eigenvalue weighted by Crippen LogP contribution is -2.55. The predicted octanol–water partition coefficient (Wildman–Crippen LogP) is 12.4. The second-order valence-electron chi connectivity index (χ2n) is 30.8. The number of aliphatic hydroxyl groups excluding tert-OH is 3. The van der Waals surface area contributed by atoms with E-state index in [9.17, 15) is 14.4 Å². The average Bonchev–Trinajstić information content (AvgIpc) is 1.40. The van der Waals surface area contributed by atoms with E-state index >= 15 is 0 Å². The van der Waals surface area contributed by atoms with Crippen molar-refractivity contribution in [3.8, 4) is 33.8 Å². The average molecular weight is 1530 g/mol. The standard InChI is InChI=1S/3C28H36N6O3.CH4/c3*1-19(2)37-24-17-33(18-24)27(36)14-21-6-4-3-5-20-13-22(7-8-25(20)21)26-9-10-29-28(32-26)31-23-15-30-34(16-23)11-12-35;/h3*7-10,13,15-16,19,21,24,35H,3-6,11-12,14,17-18H2,1-2H3,(H,29,31,32);1H4/t2*21-;;/m10../s1. The molecule has 3 aliphatic heterocycles. The first-order valence-corrected chi connectivity index (χ1v) is 39.8. The van der Waals surface area contributed by atoms with Crippen LogP contribution >= 0.6 is 0 Å². The van der Waals surface area contributed by atoms with Gasteiger partial charge in [0.1, 0.15) is 0 Å². The number of benzene rings is 3. The Kier molecular flexibility index (Phi) is 28.4. The summed E-state index contributed by atoms with van der Waals surface area (Å²) < 4.78 is 22.5. The van der Waals surface area contributed by atoms with Crippen LogP contribution in [0.4, 0.5) is 34.9 Å². The Morgan fingerprint density at radius 3 is 0.973 bits per heavy atom. The number of aromatic nitrogens is 12. The molecule has 3 aromatic carbocycles. The van der Waals surface area contributed by atoms with Crippen molar-refractivity contribution in [2.24, 2.45) is 0 Å². The van der Waals surface area contributed by atoms with Gasteiger partial charge in [-0.25, -0.2) is 29.9 Å². The number of fused-ring (bicyclic) bond motifs is 3. The first-order chi connectivity index (χ1) is 53.9. The number of amides is 3. The molecule has 3 fully saturated rings. The summed E-state index contributed by atoms with van der Waals surface area (Å²) in [4.78, 5) is 72.0. The number of aliphatic hydroxyl groups is 3. The Bertz CT molecular complexity index is 4110. The molecule has 1 unspecified atom stereocenters. The second-order valence-corrected chi connectivity index (χ2v) is 30.8. The summed E-state index contributed by atoms with van der Waals surface area (Å²) in [6.45, 7) is 17.9. The summed E-state index contributed by atoms with van der Waals surface area (Å²) in [5, 5.41) is 49.5. The van der Waals surface area contributed by atoms with E-state index in [2.05, 4.69) is 101 Å². The van der Waals surface area contributed by atoms with Gasteiger partial charge in [0.05, 0.1) is 129 Å². The number of carbonyl (C=O) groups is 3. The van der Waals surface area contributed by atoms with Crippen LogP contribution in [0.3, 0.4) is 0 Å². The Balaban J connectivity index is 0.000000155. The highest BCUT2D eigenvalue weighted by atomic mass is 16.5. The van der Waals surface area contributed by atoms with Crippen molar-refractivity contribution in [3.05, 3.63) is 162 Å². The fraction of sp³-hybridized carbons (Fsp3) is 0.506. The summed E-state index contributed by atoms with van der Waals surface area (Å²) in [6.07, 6.45) is 31.5. The van der Waals surface area contributed by atoms with E-state index in [0.717, 1.165) is 128 Å². The third kappa shape index (κ3) is 21.9. The van der Waals surface area contributed by atoms with Gasteiger partial charge in [-0.15, -0.1) is 0 Å². The van der Waals surface area contributed by atoms with E-state index in [1.807, 2.05) is 93.0 Å². The lowest BCUT2D eigenvalue weighted by atomic mass is 9.88. The quantitative estimate of drug-likeness (QED) is 0.0261. The van der Waals surface area contributed by atoms with Crippen molar-refractivity contribution in [2.75, 3.05) is 75.0 Å². The highest BCUT2D eigenvalue weighted by Gasteiger charge is 2.37. The van der Waals surface area contributed by atoms with E-state index in [-0.39, 0.29) is 99.3 Å². The van der Waals surface area contributed by atoms with Gasteiger partial charge >= 0.3 is 0 Å². The van der Waals surface area contributed by atoms with Gasteiger partial charge in [0, 0.05) is 112 Å². The molecular formula is C85H112N18O9. The smallest absolute Gasteiger partial charge is 0.227 e. The summed E-state index contributed by atoms with van der Waals surface area (Å²) >= 11 is 0. The van der Waals surface area contributed by atoms with E-state index < -0.39 is 0 Å². The van der Waals surface area contributed by atoms with Crippen LogP contribution in [0.5, 0.6) is 0 Å². The van der Waals surface area contributed by atoms with Gasteiger partial charge in [0.25, 0.3) is 0 Å². The van der Waals surface area contributed by atoms with Crippen LogP contribution in [-0.2, 0) is 67.5 Å². The van der Waals surface area contributed by atoms with E-state index in [1.54, 1.807) is 51.2 Å². The minimum atomic E-state index is 0. The monoisotopic (exact) mass is 1530 g/mol. The second kappa shape index (κ2) is 39.0. The number of hydrogen-bond acceptors (Lipinski definition) is 21. The lowest BCUT2D eigenvalue weighted by Gasteiger charge is -2.40. The number of nitrogens with one attached hydrogen (secondary N) is 3. The SMILES string of the molecule is C.CC(C)OC1CN(C(=O)CC2CCCCc3cc(-c4ccnc(Nc5cnn(CCO)c5)n4)ccc32)C1.CC(C)OC1CN(C(=O)C[C@@H]2CCCCc3cc(-c4ccnc(Nc5cnn(CCO)c5)n4)ccc32)C1.CC(C)OC1CN(C(=O)C[C@H]2CCCCc3cc(-c4ccnc(Nc5cnn(CCO)c5)n4)ccc32)C1. The maximum Gasteiger partial charge on any atom is 0.227 e. The molecule has 3 amide bonds. The van der Waals surface area contributed by atoms with Crippen LogP contribution in [0.1, 0.15) is 177 Å². The van der Waals surface area contributed by atoms with Gasteiger partial charge in [0.2, 0.25) is 35.6 Å². The Morgan fingerprint density at radius 1 is 0.420 bits per heavy atom. The van der Waals surface area contributed by atoms with Crippen LogP contribution in [0, 0.1) is 0 Å². The number of aryl methyl sites for hydroxylation is 3. The zero-order chi connectivity index (χ0) is 77.3. The minimum absolute atomic E-state index is 0. The number of likely N-dealkylation sites (tertiary alicyclic amines) is 3. The number of hydrogen-bond donors (Lipinski definition) is 6. The minimum Gasteiger partial charge on any atom is -0.394 e. The van der Waals surface area contributed by atoms with Crippen molar-refractivity contribution in [3.63, 3.8) is 0 Å². The van der Waals surface area contributed by atoms with E-state index in [1.165, 1.54) is 33.4 Å². The van der Waals surface area contributed by atoms with Crippen molar-refractivity contribution >= 4 is 52.6 Å². The number of rotatable bonds is 27. The van der Waals surface area contributed by atoms with Gasteiger partial charge < -0.3 is 60.2 Å². The van der Waals surface area contributed by atoms with Crippen molar-refractivity contribution in [1.82, 2.24) is 73.9 Å². The molecule has 0 spiro atoms. The Hall–Kier alpha value is -9.90. The normalized spacial score (nSPS) is 17.7. The highest BCUT2D eigenvalue weighted by molar-refractivity contribution is 5.80. The van der Waals surface area contributed by atoms with Crippen molar-refractivity contribution in [1.29, 1.82) is 0 Å². The van der Waals surface area contributed by atoms with E-state index in [4.69, 9.17) is 44.5 Å². The van der Waals surface area contributed by atoms with Crippen molar-refractivity contribution < 1.29 is 43.9 Å². The summed E-state index contributed by atoms with van der Waals surface area (Å²) in [6, 6.07) is 25.4. The third-order valence-corrected chi connectivity index (χ3v) is 21.3. The Morgan fingerprint density at radius 2 is 0.705 bits per heavy atom. The molecule has 27 heteroatoms. The van der Waals surface area contributed by atoms with Gasteiger partial charge in [0.15, 0.2) is 0 Å². The number of anilines is 6. The van der Waals surface area contributed by atoms with Crippen molar-refractivity contribution in [2.45, 2.75) is 219 Å². The fourth-order valence-electron chi connectivity index (χ4n) is 15.8.